The van der Waals surface area contributed by atoms with Crippen molar-refractivity contribution >= 4 is 93.5 Å². The molecule has 14 aromatic rings. The minimum atomic E-state index is 0.853. The maximum Gasteiger partial charge on any atom is 0.143 e. The van der Waals surface area contributed by atoms with Gasteiger partial charge < -0.3 is 18.3 Å². The van der Waals surface area contributed by atoms with Crippen LogP contribution in [0.3, 0.4) is 0 Å². The highest BCUT2D eigenvalue weighted by molar-refractivity contribution is 6.13. The highest BCUT2D eigenvalue weighted by Gasteiger charge is 2.22. The van der Waals surface area contributed by atoms with Crippen LogP contribution in [0.1, 0.15) is 0 Å². The summed E-state index contributed by atoms with van der Waals surface area (Å²) in [7, 11) is 0. The number of para-hydroxylation sites is 5. The van der Waals surface area contributed by atoms with Crippen molar-refractivity contribution in [3.8, 4) is 39.1 Å². The number of nitrogens with zero attached hydrogens (tertiary/aromatic N) is 2. The highest BCUT2D eigenvalue weighted by Crippen LogP contribution is 2.46. The molecule has 4 heteroatoms. The first-order valence-electron chi connectivity index (χ1n) is 23.1. The minimum absolute atomic E-state index is 0.853. The Morgan fingerprint density at radius 2 is 0.868 bits per heavy atom. The third kappa shape index (κ3) is 6.08. The molecule has 0 saturated carbocycles. The molecule has 0 radical (unpaired) electrons. The molecule has 4 nitrogen and oxygen atoms in total. The maximum absolute atomic E-state index is 6.86. The van der Waals surface area contributed by atoms with Gasteiger partial charge in [0.05, 0.1) is 11.0 Å². The zero-order chi connectivity index (χ0) is 44.7. The highest BCUT2D eigenvalue weighted by atomic mass is 16.3. The average Bonchev–Trinajstić information content (AvgIpc) is 4.09. The molecule has 14 rings (SSSR count). The molecule has 0 N–H and O–H groups in total. The van der Waals surface area contributed by atoms with Crippen LogP contribution in [0.5, 0.6) is 0 Å². The normalized spacial score (nSPS) is 11.8. The topological polar surface area (TPSA) is 34.5 Å². The SMILES string of the molecule is c1cc(-c2cccc3c2oc2ccccc23)cc(N(c2ccc(-c3ccc4ccccc4c3)cc2)c2cc(-c3cccc(-n4c5ccccc5c5ccccc54)c3)c3oc4ccccc4c3c2)c1. The van der Waals surface area contributed by atoms with Crippen LogP contribution in [0, 0.1) is 0 Å². The summed E-state index contributed by atoms with van der Waals surface area (Å²) in [6.45, 7) is 0. The molecule has 0 fully saturated rings. The number of furan rings is 2. The van der Waals surface area contributed by atoms with E-state index in [1.54, 1.807) is 0 Å². The van der Waals surface area contributed by atoms with E-state index in [0.717, 1.165) is 94.4 Å². The Bertz CT molecular complexity index is 4230. The molecule has 68 heavy (non-hydrogen) atoms. The molecule has 0 aliphatic carbocycles. The second-order valence-corrected chi connectivity index (χ2v) is 17.7. The van der Waals surface area contributed by atoms with Gasteiger partial charge in [-0.1, -0.05) is 164 Å². The first-order chi connectivity index (χ1) is 33.7. The van der Waals surface area contributed by atoms with Gasteiger partial charge in [-0.3, -0.25) is 0 Å². The molecular formula is C64H40N2O2. The van der Waals surface area contributed by atoms with E-state index < -0.39 is 0 Å². The van der Waals surface area contributed by atoms with E-state index in [1.807, 2.05) is 18.2 Å². The monoisotopic (exact) mass is 868 g/mol. The van der Waals surface area contributed by atoms with Gasteiger partial charge in [0.15, 0.2) is 0 Å². The molecule has 0 aliphatic heterocycles. The minimum Gasteiger partial charge on any atom is -0.455 e. The molecular weight excluding hydrogens is 829 g/mol. The molecule has 0 amide bonds. The van der Waals surface area contributed by atoms with E-state index in [-0.39, 0.29) is 0 Å². The van der Waals surface area contributed by atoms with Crippen molar-refractivity contribution in [2.45, 2.75) is 0 Å². The molecule has 0 aliphatic rings. The molecule has 0 saturated heterocycles. The molecule has 3 heterocycles. The van der Waals surface area contributed by atoms with Gasteiger partial charge in [0.1, 0.15) is 22.3 Å². The summed E-state index contributed by atoms with van der Waals surface area (Å²) < 4.78 is 15.8. The lowest BCUT2D eigenvalue weighted by Crippen LogP contribution is -2.10. The Hall–Kier alpha value is -9.12. The van der Waals surface area contributed by atoms with Gasteiger partial charge >= 0.3 is 0 Å². The molecule has 0 bridgehead atoms. The second-order valence-electron chi connectivity index (χ2n) is 17.7. The first kappa shape index (κ1) is 38.2. The van der Waals surface area contributed by atoms with E-state index in [1.165, 1.54) is 38.1 Å². The quantitative estimate of drug-likeness (QED) is 0.160. The Morgan fingerprint density at radius 3 is 1.62 bits per heavy atom. The zero-order valence-corrected chi connectivity index (χ0v) is 36.8. The van der Waals surface area contributed by atoms with Gasteiger partial charge in [0, 0.05) is 66.2 Å². The summed E-state index contributed by atoms with van der Waals surface area (Å²) >= 11 is 0. The second kappa shape index (κ2) is 15.2. The third-order valence-electron chi connectivity index (χ3n) is 13.7. The van der Waals surface area contributed by atoms with Gasteiger partial charge in [0.25, 0.3) is 0 Å². The van der Waals surface area contributed by atoms with Crippen LogP contribution in [-0.2, 0) is 0 Å². The molecule has 0 atom stereocenters. The number of anilines is 3. The summed E-state index contributed by atoms with van der Waals surface area (Å²) in [5.74, 6) is 0. The fourth-order valence-corrected chi connectivity index (χ4v) is 10.6. The maximum atomic E-state index is 6.86. The fraction of sp³-hybridized carbons (Fsp3) is 0. The largest absolute Gasteiger partial charge is 0.455 e. The van der Waals surface area contributed by atoms with Crippen LogP contribution >= 0.6 is 0 Å². The van der Waals surface area contributed by atoms with Crippen LogP contribution in [-0.4, -0.2) is 4.57 Å². The average molecular weight is 869 g/mol. The van der Waals surface area contributed by atoms with Crippen LogP contribution < -0.4 is 4.90 Å². The Morgan fingerprint density at radius 1 is 0.294 bits per heavy atom. The number of hydrogen-bond donors (Lipinski definition) is 0. The summed E-state index contributed by atoms with van der Waals surface area (Å²) in [6.07, 6.45) is 0. The summed E-state index contributed by atoms with van der Waals surface area (Å²) in [5, 5.41) is 9.27. The van der Waals surface area contributed by atoms with Crippen LogP contribution in [0.25, 0.3) is 116 Å². The van der Waals surface area contributed by atoms with Crippen LogP contribution in [0.2, 0.25) is 0 Å². The molecule has 0 unspecified atom stereocenters. The molecule has 11 aromatic carbocycles. The van der Waals surface area contributed by atoms with E-state index in [4.69, 9.17) is 8.83 Å². The molecule has 0 spiro atoms. The van der Waals surface area contributed by atoms with E-state index in [9.17, 15) is 0 Å². The van der Waals surface area contributed by atoms with Crippen molar-refractivity contribution in [2.24, 2.45) is 0 Å². The lowest BCUT2D eigenvalue weighted by Gasteiger charge is -2.27. The van der Waals surface area contributed by atoms with Crippen molar-refractivity contribution in [3.63, 3.8) is 0 Å². The van der Waals surface area contributed by atoms with Crippen LogP contribution in [0.15, 0.2) is 251 Å². The van der Waals surface area contributed by atoms with Crippen molar-refractivity contribution in [3.05, 3.63) is 243 Å². The van der Waals surface area contributed by atoms with Gasteiger partial charge in [-0.05, 0) is 112 Å². The lowest BCUT2D eigenvalue weighted by molar-refractivity contribution is 0.669. The van der Waals surface area contributed by atoms with Crippen LogP contribution in [0.4, 0.5) is 17.1 Å². The number of hydrogen-bond acceptors (Lipinski definition) is 3. The standard InChI is InChI=1S/C64H40N2O2/c1-2-15-43-36-44(31-30-41(43)14-1)42-32-34-47(35-33-42)65(48-18-11-16-45(37-48)51-24-13-25-56-54-22-5-9-28-61(54)67-63(51)56)50-39-57(64-58(40-50)55-23-6-10-29-62(55)68-64)46-17-12-19-49(38-46)66-59-26-7-3-20-52(59)53-21-4-8-27-60(53)66/h1-40H. The summed E-state index contributed by atoms with van der Waals surface area (Å²) in [6, 6.07) is 87.0. The fourth-order valence-electron chi connectivity index (χ4n) is 10.6. The third-order valence-corrected chi connectivity index (χ3v) is 13.7. The molecule has 3 aromatic heterocycles. The van der Waals surface area contributed by atoms with E-state index in [2.05, 4.69) is 234 Å². The Labute approximate surface area is 391 Å². The van der Waals surface area contributed by atoms with Crippen molar-refractivity contribution in [2.75, 3.05) is 4.90 Å². The number of rotatable bonds is 7. The van der Waals surface area contributed by atoms with Crippen molar-refractivity contribution in [1.82, 2.24) is 4.57 Å². The molecule has 318 valence electrons. The predicted molar refractivity (Wildman–Crippen MR) is 284 cm³/mol. The van der Waals surface area contributed by atoms with Gasteiger partial charge in [-0.2, -0.15) is 0 Å². The van der Waals surface area contributed by atoms with Crippen molar-refractivity contribution < 1.29 is 8.83 Å². The van der Waals surface area contributed by atoms with Gasteiger partial charge in [-0.15, -0.1) is 0 Å². The number of fused-ring (bicyclic) bond motifs is 10. The summed E-state index contributed by atoms with van der Waals surface area (Å²) in [5.41, 5.74) is 16.5. The van der Waals surface area contributed by atoms with Gasteiger partial charge in [-0.25, -0.2) is 0 Å². The number of aromatic nitrogens is 1. The first-order valence-corrected chi connectivity index (χ1v) is 23.1. The van der Waals surface area contributed by atoms with Crippen molar-refractivity contribution in [1.29, 1.82) is 0 Å². The lowest BCUT2D eigenvalue weighted by atomic mass is 9.98. The van der Waals surface area contributed by atoms with E-state index in [0.29, 0.717) is 0 Å². The van der Waals surface area contributed by atoms with E-state index >= 15 is 0 Å². The Balaban J connectivity index is 0.983. The Kier molecular flexibility index (Phi) is 8.55. The smallest absolute Gasteiger partial charge is 0.143 e. The number of benzene rings is 11. The zero-order valence-electron chi connectivity index (χ0n) is 36.8. The van der Waals surface area contributed by atoms with Gasteiger partial charge in [0.2, 0.25) is 0 Å². The summed E-state index contributed by atoms with van der Waals surface area (Å²) in [4.78, 5) is 2.38. The predicted octanol–water partition coefficient (Wildman–Crippen LogP) is 18.2.